The minimum Gasteiger partial charge on any atom is -0.465 e. The van der Waals surface area contributed by atoms with Crippen LogP contribution in [0.25, 0.3) is 11.1 Å². The van der Waals surface area contributed by atoms with Gasteiger partial charge >= 0.3 is 12.3 Å². The third-order valence-electron chi connectivity index (χ3n) is 6.09. The van der Waals surface area contributed by atoms with Crippen molar-refractivity contribution < 1.29 is 23.1 Å². The molecule has 0 aromatic heterocycles. The number of nitrogens with one attached hydrogen (secondary N) is 2. The second-order valence-corrected chi connectivity index (χ2v) is 8.34. The molecule has 0 radical (unpaired) electrons. The molecule has 1 heterocycles. The molecular weight excluding hydrogens is 407 g/mol. The molecule has 3 atom stereocenters. The normalized spacial score (nSPS) is 23.6. The maximum Gasteiger partial charge on any atom is 0.416 e. The minimum absolute atomic E-state index is 0.0153. The largest absolute Gasteiger partial charge is 0.465 e. The van der Waals surface area contributed by atoms with E-state index in [1.165, 1.54) is 17.7 Å². The SMILES string of the molecule is O=C(O)N[C@H]1CCN(CCNC2CC2c2ccc(-c3cccc(C(F)(F)F)c3)cc2)C1. The van der Waals surface area contributed by atoms with Crippen LogP contribution >= 0.6 is 0 Å². The first-order valence-corrected chi connectivity index (χ1v) is 10.5. The Labute approximate surface area is 179 Å². The fraction of sp³-hybridized carbons (Fsp3) is 0.435. The van der Waals surface area contributed by atoms with Crippen LogP contribution in [-0.2, 0) is 6.18 Å². The van der Waals surface area contributed by atoms with Crippen LogP contribution in [0.15, 0.2) is 48.5 Å². The molecular formula is C23H26F3N3O2. The van der Waals surface area contributed by atoms with Gasteiger partial charge in [-0.15, -0.1) is 0 Å². The number of nitrogens with zero attached hydrogens (tertiary/aromatic N) is 1. The van der Waals surface area contributed by atoms with Gasteiger partial charge in [0.2, 0.25) is 0 Å². The van der Waals surface area contributed by atoms with Crippen LogP contribution in [0.1, 0.15) is 29.9 Å². The van der Waals surface area contributed by atoms with Crippen molar-refractivity contribution in [1.29, 1.82) is 0 Å². The highest BCUT2D eigenvalue weighted by Gasteiger charge is 2.38. The molecule has 0 spiro atoms. The molecule has 5 nitrogen and oxygen atoms in total. The summed E-state index contributed by atoms with van der Waals surface area (Å²) in [5.41, 5.74) is 1.90. The lowest BCUT2D eigenvalue weighted by Gasteiger charge is -2.16. The molecule has 2 fully saturated rings. The van der Waals surface area contributed by atoms with E-state index in [1.54, 1.807) is 6.07 Å². The average molecular weight is 433 g/mol. The summed E-state index contributed by atoms with van der Waals surface area (Å²) in [6.07, 6.45) is -3.42. The van der Waals surface area contributed by atoms with E-state index in [4.69, 9.17) is 5.11 Å². The molecule has 2 aromatic carbocycles. The number of hydrogen-bond acceptors (Lipinski definition) is 3. The molecule has 1 aliphatic carbocycles. The first-order valence-electron chi connectivity index (χ1n) is 10.5. The summed E-state index contributed by atoms with van der Waals surface area (Å²) in [4.78, 5) is 13.0. The number of carbonyl (C=O) groups is 1. The summed E-state index contributed by atoms with van der Waals surface area (Å²) in [6, 6.07) is 13.6. The van der Waals surface area contributed by atoms with Gasteiger partial charge in [0.1, 0.15) is 0 Å². The predicted octanol–water partition coefficient (Wildman–Crippen LogP) is 4.16. The number of hydrogen-bond donors (Lipinski definition) is 3. The zero-order valence-electron chi connectivity index (χ0n) is 17.0. The Kier molecular flexibility index (Phi) is 6.20. The van der Waals surface area contributed by atoms with E-state index in [1.807, 2.05) is 24.3 Å². The summed E-state index contributed by atoms with van der Waals surface area (Å²) in [5, 5.41) is 14.9. The van der Waals surface area contributed by atoms with Crippen molar-refractivity contribution in [3.05, 3.63) is 59.7 Å². The molecule has 0 bridgehead atoms. The Morgan fingerprint density at radius 2 is 1.90 bits per heavy atom. The lowest BCUT2D eigenvalue weighted by atomic mass is 10.0. The standard InChI is InChI=1S/C23H26F3N3O2/c24-23(25,26)18-3-1-2-17(12-18)15-4-6-16(7-5-15)20-13-21(20)27-9-11-29-10-8-19(14-29)28-22(30)31/h1-7,12,19-21,27-28H,8-11,13-14H2,(H,30,31)/t19-,20?,21?/m0/s1. The summed E-state index contributed by atoms with van der Waals surface area (Å²) >= 11 is 0. The molecule has 1 amide bonds. The number of likely N-dealkylation sites (tertiary alicyclic amines) is 1. The van der Waals surface area contributed by atoms with Gasteiger partial charge in [-0.1, -0.05) is 36.4 Å². The van der Waals surface area contributed by atoms with E-state index < -0.39 is 17.8 Å². The van der Waals surface area contributed by atoms with Gasteiger partial charge in [-0.2, -0.15) is 13.2 Å². The number of benzene rings is 2. The zero-order chi connectivity index (χ0) is 22.0. The van der Waals surface area contributed by atoms with Gasteiger partial charge in [-0.25, -0.2) is 4.79 Å². The van der Waals surface area contributed by atoms with Crippen LogP contribution in [0.3, 0.4) is 0 Å². The monoisotopic (exact) mass is 433 g/mol. The number of rotatable bonds is 7. The van der Waals surface area contributed by atoms with Gasteiger partial charge in [0, 0.05) is 44.2 Å². The van der Waals surface area contributed by atoms with Crippen molar-refractivity contribution in [2.24, 2.45) is 0 Å². The molecule has 4 rings (SSSR count). The van der Waals surface area contributed by atoms with Gasteiger partial charge in [0.05, 0.1) is 5.56 Å². The van der Waals surface area contributed by atoms with E-state index in [9.17, 15) is 18.0 Å². The average Bonchev–Trinajstić information content (AvgIpc) is 3.37. The van der Waals surface area contributed by atoms with Crippen molar-refractivity contribution in [3.63, 3.8) is 0 Å². The number of halogens is 3. The Morgan fingerprint density at radius 3 is 2.61 bits per heavy atom. The van der Waals surface area contributed by atoms with Crippen molar-refractivity contribution in [1.82, 2.24) is 15.5 Å². The first-order chi connectivity index (χ1) is 14.8. The van der Waals surface area contributed by atoms with Crippen molar-refractivity contribution in [2.75, 3.05) is 26.2 Å². The number of alkyl halides is 3. The van der Waals surface area contributed by atoms with Crippen LogP contribution in [0, 0.1) is 0 Å². The van der Waals surface area contributed by atoms with Gasteiger partial charge in [-0.3, -0.25) is 4.90 Å². The molecule has 1 aliphatic heterocycles. The van der Waals surface area contributed by atoms with Gasteiger partial charge in [-0.05, 0) is 41.7 Å². The highest BCUT2D eigenvalue weighted by atomic mass is 19.4. The Morgan fingerprint density at radius 1 is 1.13 bits per heavy atom. The summed E-state index contributed by atoms with van der Waals surface area (Å²) in [6.45, 7) is 3.38. The molecule has 31 heavy (non-hydrogen) atoms. The quantitative estimate of drug-likeness (QED) is 0.614. The van der Waals surface area contributed by atoms with Crippen molar-refractivity contribution >= 4 is 6.09 Å². The van der Waals surface area contributed by atoms with Crippen LogP contribution in [0.5, 0.6) is 0 Å². The Hall–Kier alpha value is -2.58. The van der Waals surface area contributed by atoms with Crippen LogP contribution in [0.4, 0.5) is 18.0 Å². The fourth-order valence-electron chi connectivity index (χ4n) is 4.32. The summed E-state index contributed by atoms with van der Waals surface area (Å²) in [7, 11) is 0. The summed E-state index contributed by atoms with van der Waals surface area (Å²) in [5.74, 6) is 0.426. The highest BCUT2D eigenvalue weighted by molar-refractivity contribution is 5.65. The molecule has 166 valence electrons. The topological polar surface area (TPSA) is 64.6 Å². The lowest BCUT2D eigenvalue weighted by Crippen LogP contribution is -2.37. The first kappa shape index (κ1) is 21.6. The fourth-order valence-corrected chi connectivity index (χ4v) is 4.32. The van der Waals surface area contributed by atoms with Gasteiger partial charge < -0.3 is 15.7 Å². The van der Waals surface area contributed by atoms with Gasteiger partial charge in [0.25, 0.3) is 0 Å². The molecule has 3 N–H and O–H groups in total. The van der Waals surface area contributed by atoms with E-state index in [0.717, 1.165) is 50.7 Å². The van der Waals surface area contributed by atoms with Crippen molar-refractivity contribution in [2.45, 2.75) is 37.0 Å². The van der Waals surface area contributed by atoms with Crippen LogP contribution < -0.4 is 10.6 Å². The van der Waals surface area contributed by atoms with Gasteiger partial charge in [0.15, 0.2) is 0 Å². The van der Waals surface area contributed by atoms with Crippen molar-refractivity contribution in [3.8, 4) is 11.1 Å². The number of amides is 1. The maximum absolute atomic E-state index is 12.9. The van der Waals surface area contributed by atoms with E-state index in [0.29, 0.717) is 17.5 Å². The third kappa shape index (κ3) is 5.57. The Balaban J connectivity index is 1.25. The second-order valence-electron chi connectivity index (χ2n) is 8.34. The molecule has 2 unspecified atom stereocenters. The smallest absolute Gasteiger partial charge is 0.416 e. The maximum atomic E-state index is 12.9. The molecule has 2 aliphatic rings. The van der Waals surface area contributed by atoms with Crippen LogP contribution in [-0.4, -0.2) is 54.4 Å². The molecule has 1 saturated heterocycles. The second kappa shape index (κ2) is 8.88. The van der Waals surface area contributed by atoms with Crippen LogP contribution in [0.2, 0.25) is 0 Å². The summed E-state index contributed by atoms with van der Waals surface area (Å²) < 4.78 is 38.8. The predicted molar refractivity (Wildman–Crippen MR) is 112 cm³/mol. The van der Waals surface area contributed by atoms with E-state index >= 15 is 0 Å². The number of carboxylic acid groups (broad SMARTS) is 1. The zero-order valence-corrected chi connectivity index (χ0v) is 17.0. The molecule has 2 aromatic rings. The van der Waals surface area contributed by atoms with E-state index in [-0.39, 0.29) is 6.04 Å². The molecule has 1 saturated carbocycles. The van der Waals surface area contributed by atoms with E-state index in [2.05, 4.69) is 15.5 Å². The lowest BCUT2D eigenvalue weighted by molar-refractivity contribution is -0.137. The minimum atomic E-state index is -4.34. The molecule has 8 heteroatoms. The third-order valence-corrected chi connectivity index (χ3v) is 6.09. The Bertz CT molecular complexity index is 917. The highest BCUT2D eigenvalue weighted by Crippen LogP contribution is 2.41.